The quantitative estimate of drug-likeness (QED) is 0.772. The number of piperidine rings is 1. The lowest BCUT2D eigenvalue weighted by molar-refractivity contribution is -0.117. The first-order chi connectivity index (χ1) is 13.5. The number of pyridine rings is 1. The van der Waals surface area contributed by atoms with Gasteiger partial charge >= 0.3 is 0 Å². The molecule has 0 spiro atoms. The molecule has 4 rings (SSSR count). The molecule has 0 aromatic carbocycles. The molecule has 2 aliphatic rings. The number of nitrogens with one attached hydrogen (secondary N) is 2. The SMILES string of the molecule is C=CC(=O)NC1CCCN(c2nc(-c3cnn(C)c3)c3c(c2F)CNC3=O)C1. The second-order valence-corrected chi connectivity index (χ2v) is 7.03. The lowest BCUT2D eigenvalue weighted by atomic mass is 10.0. The second kappa shape index (κ2) is 7.06. The number of carbonyl (C=O) groups is 2. The Balaban J connectivity index is 1.74. The highest BCUT2D eigenvalue weighted by Gasteiger charge is 2.33. The molecule has 2 aliphatic heterocycles. The van der Waals surface area contributed by atoms with Gasteiger partial charge in [0.05, 0.1) is 17.5 Å². The third kappa shape index (κ3) is 3.12. The number of amides is 2. The number of nitrogens with zero attached hydrogens (tertiary/aromatic N) is 4. The summed E-state index contributed by atoms with van der Waals surface area (Å²) in [6.07, 6.45) is 6.18. The molecule has 146 valence electrons. The molecule has 0 saturated carbocycles. The molecule has 8 nitrogen and oxygen atoms in total. The van der Waals surface area contributed by atoms with E-state index in [0.717, 1.165) is 12.8 Å². The normalized spacial score (nSPS) is 18.6. The van der Waals surface area contributed by atoms with E-state index in [1.54, 1.807) is 24.1 Å². The van der Waals surface area contributed by atoms with E-state index in [-0.39, 0.29) is 35.8 Å². The molecule has 1 fully saturated rings. The molecule has 4 heterocycles. The van der Waals surface area contributed by atoms with E-state index in [4.69, 9.17) is 0 Å². The van der Waals surface area contributed by atoms with Crippen LogP contribution in [0.15, 0.2) is 25.0 Å². The zero-order chi connectivity index (χ0) is 19.8. The summed E-state index contributed by atoms with van der Waals surface area (Å²) >= 11 is 0. The summed E-state index contributed by atoms with van der Waals surface area (Å²) in [5.74, 6) is -0.870. The van der Waals surface area contributed by atoms with Crippen molar-refractivity contribution >= 4 is 17.6 Å². The van der Waals surface area contributed by atoms with Crippen LogP contribution in [0.3, 0.4) is 0 Å². The van der Waals surface area contributed by atoms with E-state index in [1.807, 2.05) is 4.90 Å². The summed E-state index contributed by atoms with van der Waals surface area (Å²) in [6.45, 7) is 4.66. The Kier molecular flexibility index (Phi) is 4.58. The molecular weight excluding hydrogens is 363 g/mol. The lowest BCUT2D eigenvalue weighted by Gasteiger charge is -2.34. The Bertz CT molecular complexity index is 970. The zero-order valence-electron chi connectivity index (χ0n) is 15.5. The average molecular weight is 384 g/mol. The largest absolute Gasteiger partial charge is 0.352 e. The van der Waals surface area contributed by atoms with Gasteiger partial charge in [-0.3, -0.25) is 14.3 Å². The first-order valence-electron chi connectivity index (χ1n) is 9.15. The molecule has 1 unspecified atom stereocenters. The monoisotopic (exact) mass is 384 g/mol. The van der Waals surface area contributed by atoms with Gasteiger partial charge in [-0.2, -0.15) is 5.10 Å². The fourth-order valence-corrected chi connectivity index (χ4v) is 3.78. The van der Waals surface area contributed by atoms with E-state index in [0.29, 0.717) is 29.9 Å². The van der Waals surface area contributed by atoms with Crippen molar-refractivity contribution in [3.63, 3.8) is 0 Å². The van der Waals surface area contributed by atoms with Gasteiger partial charge in [-0.25, -0.2) is 9.37 Å². The number of hydrogen-bond acceptors (Lipinski definition) is 5. The number of halogens is 1. The molecule has 1 saturated heterocycles. The van der Waals surface area contributed by atoms with E-state index >= 15 is 4.39 Å². The smallest absolute Gasteiger partial charge is 0.254 e. The minimum Gasteiger partial charge on any atom is -0.352 e. The van der Waals surface area contributed by atoms with E-state index in [2.05, 4.69) is 27.3 Å². The summed E-state index contributed by atoms with van der Waals surface area (Å²) in [5.41, 5.74) is 1.67. The van der Waals surface area contributed by atoms with Gasteiger partial charge in [0.25, 0.3) is 5.91 Å². The van der Waals surface area contributed by atoms with Crippen LogP contribution in [0, 0.1) is 5.82 Å². The maximum Gasteiger partial charge on any atom is 0.254 e. The number of rotatable bonds is 4. The van der Waals surface area contributed by atoms with Crippen molar-refractivity contribution in [2.45, 2.75) is 25.4 Å². The first kappa shape index (κ1) is 18.1. The molecule has 0 bridgehead atoms. The molecule has 2 aromatic rings. The van der Waals surface area contributed by atoms with Gasteiger partial charge in [0.1, 0.15) is 0 Å². The fraction of sp³-hybridized carbons (Fsp3) is 0.368. The van der Waals surface area contributed by atoms with Crippen molar-refractivity contribution in [2.24, 2.45) is 7.05 Å². The summed E-state index contributed by atoms with van der Waals surface area (Å²) in [5, 5.41) is 9.69. The van der Waals surface area contributed by atoms with Crippen molar-refractivity contribution in [1.29, 1.82) is 0 Å². The minimum atomic E-state index is -0.489. The summed E-state index contributed by atoms with van der Waals surface area (Å²) in [7, 11) is 1.77. The Labute approximate surface area is 161 Å². The van der Waals surface area contributed by atoms with Crippen LogP contribution in [-0.2, 0) is 18.4 Å². The standard InChI is InChI=1S/C19H21FN6O2/c1-3-14(27)23-12-5-4-6-26(10-12)18-16(20)13-8-21-19(28)15(13)17(24-18)11-7-22-25(2)9-11/h3,7,9,12H,1,4-6,8,10H2,2H3,(H,21,28)(H,23,27). The van der Waals surface area contributed by atoms with Crippen molar-refractivity contribution in [1.82, 2.24) is 25.4 Å². The maximum absolute atomic E-state index is 15.3. The molecule has 9 heteroatoms. The third-order valence-electron chi connectivity index (χ3n) is 5.10. The van der Waals surface area contributed by atoms with Gasteiger partial charge in [-0.05, 0) is 18.9 Å². The molecular formula is C19H21FN6O2. The van der Waals surface area contributed by atoms with E-state index in [1.165, 1.54) is 6.08 Å². The number of anilines is 1. The first-order valence-corrected chi connectivity index (χ1v) is 9.15. The second-order valence-electron chi connectivity index (χ2n) is 7.03. The Morgan fingerprint density at radius 1 is 1.50 bits per heavy atom. The highest BCUT2D eigenvalue weighted by molar-refractivity contribution is 6.04. The van der Waals surface area contributed by atoms with Crippen LogP contribution in [0.4, 0.5) is 10.2 Å². The highest BCUT2D eigenvalue weighted by atomic mass is 19.1. The van der Waals surface area contributed by atoms with Crippen LogP contribution >= 0.6 is 0 Å². The summed E-state index contributed by atoms with van der Waals surface area (Å²) < 4.78 is 16.9. The number of aryl methyl sites for hydroxylation is 1. The van der Waals surface area contributed by atoms with Crippen LogP contribution in [0.5, 0.6) is 0 Å². The zero-order valence-corrected chi connectivity index (χ0v) is 15.5. The van der Waals surface area contributed by atoms with Gasteiger partial charge in [-0.15, -0.1) is 0 Å². The molecule has 2 aromatic heterocycles. The van der Waals surface area contributed by atoms with Crippen molar-refractivity contribution in [3.05, 3.63) is 42.0 Å². The average Bonchev–Trinajstić information content (AvgIpc) is 3.29. The van der Waals surface area contributed by atoms with Crippen LogP contribution in [0.2, 0.25) is 0 Å². The van der Waals surface area contributed by atoms with Gasteiger partial charge in [0, 0.05) is 50.0 Å². The number of fused-ring (bicyclic) bond motifs is 1. The Hall–Kier alpha value is -3.23. The molecule has 0 radical (unpaired) electrons. The van der Waals surface area contributed by atoms with Crippen LogP contribution in [-0.4, -0.2) is 45.7 Å². The van der Waals surface area contributed by atoms with E-state index in [9.17, 15) is 9.59 Å². The molecule has 2 N–H and O–H groups in total. The molecule has 1 atom stereocenters. The predicted molar refractivity (Wildman–Crippen MR) is 101 cm³/mol. The van der Waals surface area contributed by atoms with Crippen molar-refractivity contribution < 1.29 is 14.0 Å². The van der Waals surface area contributed by atoms with Crippen molar-refractivity contribution in [3.8, 4) is 11.3 Å². The van der Waals surface area contributed by atoms with Crippen LogP contribution in [0.25, 0.3) is 11.3 Å². The fourth-order valence-electron chi connectivity index (χ4n) is 3.78. The highest BCUT2D eigenvalue weighted by Crippen LogP contribution is 2.34. The van der Waals surface area contributed by atoms with Crippen LogP contribution < -0.4 is 15.5 Å². The van der Waals surface area contributed by atoms with Crippen molar-refractivity contribution in [2.75, 3.05) is 18.0 Å². The van der Waals surface area contributed by atoms with Crippen LogP contribution in [0.1, 0.15) is 28.8 Å². The molecule has 2 amide bonds. The Morgan fingerprint density at radius 3 is 3.04 bits per heavy atom. The number of hydrogen-bond donors (Lipinski definition) is 2. The topological polar surface area (TPSA) is 92.2 Å². The summed E-state index contributed by atoms with van der Waals surface area (Å²) in [6, 6.07) is -0.115. The van der Waals surface area contributed by atoms with Gasteiger partial charge < -0.3 is 15.5 Å². The Morgan fingerprint density at radius 2 is 2.32 bits per heavy atom. The van der Waals surface area contributed by atoms with Gasteiger partial charge in [-0.1, -0.05) is 6.58 Å². The molecule has 28 heavy (non-hydrogen) atoms. The van der Waals surface area contributed by atoms with E-state index < -0.39 is 5.82 Å². The number of carbonyl (C=O) groups excluding carboxylic acids is 2. The predicted octanol–water partition coefficient (Wildman–Crippen LogP) is 1.14. The lowest BCUT2D eigenvalue weighted by Crippen LogP contribution is -2.48. The minimum absolute atomic E-state index is 0.115. The van der Waals surface area contributed by atoms with Gasteiger partial charge in [0.15, 0.2) is 11.6 Å². The summed E-state index contributed by atoms with van der Waals surface area (Å²) in [4.78, 5) is 30.3. The van der Waals surface area contributed by atoms with Gasteiger partial charge in [0.2, 0.25) is 5.91 Å². The maximum atomic E-state index is 15.3. The molecule has 0 aliphatic carbocycles. The number of aromatic nitrogens is 3. The third-order valence-corrected chi connectivity index (χ3v) is 5.10.